The summed E-state index contributed by atoms with van der Waals surface area (Å²) in [5.41, 5.74) is 1.03. The number of phenols is 1. The van der Waals surface area contributed by atoms with Gasteiger partial charge in [-0.1, -0.05) is 13.0 Å². The Kier molecular flexibility index (Phi) is 3.04. The van der Waals surface area contributed by atoms with E-state index >= 15 is 0 Å². The van der Waals surface area contributed by atoms with E-state index in [1.165, 1.54) is 0 Å². The van der Waals surface area contributed by atoms with Crippen molar-refractivity contribution in [3.05, 3.63) is 36.1 Å². The molecule has 0 radical (unpaired) electrons. The van der Waals surface area contributed by atoms with Crippen LogP contribution in [0.2, 0.25) is 0 Å². The Balaban J connectivity index is 2.24. The molecule has 2 unspecified atom stereocenters. The maximum absolute atomic E-state index is 9.51. The predicted molar refractivity (Wildman–Crippen MR) is 61.4 cm³/mol. The summed E-state index contributed by atoms with van der Waals surface area (Å²) in [5.74, 6) is 1.16. The zero-order valence-electron chi connectivity index (χ0n) is 9.51. The quantitative estimate of drug-likeness (QED) is 0.832. The molecule has 1 aliphatic heterocycles. The normalized spacial score (nSPS) is 23.9. The molecule has 0 amide bonds. The molecule has 2 atom stereocenters. The van der Waals surface area contributed by atoms with Crippen LogP contribution < -0.4 is 4.74 Å². The Bertz CT molecular complexity index is 398. The molecular formula is C13H16O3. The van der Waals surface area contributed by atoms with E-state index < -0.39 is 0 Å². The van der Waals surface area contributed by atoms with Gasteiger partial charge in [-0.25, -0.2) is 0 Å². The molecule has 1 aromatic carbocycles. The number of hydrogen-bond acceptors (Lipinski definition) is 3. The first-order valence-corrected chi connectivity index (χ1v) is 5.39. The molecule has 0 aromatic heterocycles. The van der Waals surface area contributed by atoms with Gasteiger partial charge in [0.15, 0.2) is 11.5 Å². The summed E-state index contributed by atoms with van der Waals surface area (Å²) in [7, 11) is 1.54. The van der Waals surface area contributed by atoms with Crippen LogP contribution >= 0.6 is 0 Å². The summed E-state index contributed by atoms with van der Waals surface area (Å²) in [4.78, 5) is 0. The highest BCUT2D eigenvalue weighted by Gasteiger charge is 2.19. The number of aromatic hydroxyl groups is 1. The van der Waals surface area contributed by atoms with Crippen molar-refractivity contribution >= 4 is 0 Å². The van der Waals surface area contributed by atoms with E-state index in [0.717, 1.165) is 12.0 Å². The van der Waals surface area contributed by atoms with Crippen LogP contribution in [0.5, 0.6) is 11.5 Å². The van der Waals surface area contributed by atoms with E-state index in [1.807, 2.05) is 18.2 Å². The Hall–Kier alpha value is -1.64. The van der Waals surface area contributed by atoms with Crippen molar-refractivity contribution in [2.24, 2.45) is 5.92 Å². The molecule has 1 aliphatic rings. The van der Waals surface area contributed by atoms with Crippen LogP contribution in [0.15, 0.2) is 30.5 Å². The molecule has 0 saturated heterocycles. The van der Waals surface area contributed by atoms with Gasteiger partial charge in [0.25, 0.3) is 0 Å². The fourth-order valence-corrected chi connectivity index (χ4v) is 1.86. The molecule has 0 aliphatic carbocycles. The number of allylic oxidation sites excluding steroid dienone is 1. The van der Waals surface area contributed by atoms with Crippen molar-refractivity contribution in [1.82, 2.24) is 0 Å². The van der Waals surface area contributed by atoms with E-state index in [4.69, 9.17) is 9.47 Å². The molecule has 16 heavy (non-hydrogen) atoms. The third kappa shape index (κ3) is 2.13. The van der Waals surface area contributed by atoms with Crippen LogP contribution in [0, 0.1) is 5.92 Å². The molecule has 3 nitrogen and oxygen atoms in total. The summed E-state index contributed by atoms with van der Waals surface area (Å²) < 4.78 is 10.6. The second kappa shape index (κ2) is 4.47. The molecule has 2 rings (SSSR count). The average Bonchev–Trinajstić information content (AvgIpc) is 2.29. The van der Waals surface area contributed by atoms with E-state index in [0.29, 0.717) is 11.7 Å². The number of ether oxygens (including phenoxy) is 2. The molecule has 0 saturated carbocycles. The van der Waals surface area contributed by atoms with Crippen LogP contribution in [0.4, 0.5) is 0 Å². The Morgan fingerprint density at radius 3 is 2.94 bits per heavy atom. The molecule has 0 bridgehead atoms. The van der Waals surface area contributed by atoms with Gasteiger partial charge in [-0.2, -0.15) is 0 Å². The number of hydrogen-bond donors (Lipinski definition) is 1. The number of benzene rings is 1. The van der Waals surface area contributed by atoms with Crippen molar-refractivity contribution in [1.29, 1.82) is 0 Å². The van der Waals surface area contributed by atoms with E-state index in [2.05, 4.69) is 6.92 Å². The fraction of sp³-hybridized carbons (Fsp3) is 0.385. The maximum atomic E-state index is 9.51. The third-order valence-electron chi connectivity index (χ3n) is 2.81. The van der Waals surface area contributed by atoms with Crippen LogP contribution in [-0.4, -0.2) is 12.2 Å². The first-order valence-electron chi connectivity index (χ1n) is 5.39. The minimum absolute atomic E-state index is 0.0505. The van der Waals surface area contributed by atoms with Crippen molar-refractivity contribution in [3.63, 3.8) is 0 Å². The molecule has 1 N–H and O–H groups in total. The summed E-state index contributed by atoms with van der Waals surface area (Å²) in [5, 5.41) is 9.51. The molecule has 0 spiro atoms. The molecule has 3 heteroatoms. The van der Waals surface area contributed by atoms with Crippen molar-refractivity contribution in [2.45, 2.75) is 19.4 Å². The lowest BCUT2D eigenvalue weighted by atomic mass is 9.96. The maximum Gasteiger partial charge on any atom is 0.160 e. The van der Waals surface area contributed by atoms with Gasteiger partial charge in [0.05, 0.1) is 13.4 Å². The number of phenolic OH excluding ortho intramolecular Hbond substituents is 1. The highest BCUT2D eigenvalue weighted by Crippen LogP contribution is 2.34. The van der Waals surface area contributed by atoms with Gasteiger partial charge in [-0.05, 0) is 36.1 Å². The van der Waals surface area contributed by atoms with Crippen molar-refractivity contribution < 1.29 is 14.6 Å². The summed E-state index contributed by atoms with van der Waals surface area (Å²) in [6, 6.07) is 5.33. The second-order valence-corrected chi connectivity index (χ2v) is 4.10. The minimum Gasteiger partial charge on any atom is -0.504 e. The number of rotatable bonds is 2. The fourth-order valence-electron chi connectivity index (χ4n) is 1.86. The zero-order chi connectivity index (χ0) is 11.5. The summed E-state index contributed by atoms with van der Waals surface area (Å²) >= 11 is 0. The van der Waals surface area contributed by atoms with E-state index in [1.54, 1.807) is 19.4 Å². The Labute approximate surface area is 95.3 Å². The minimum atomic E-state index is 0.0505. The van der Waals surface area contributed by atoms with Gasteiger partial charge in [-0.3, -0.25) is 0 Å². The van der Waals surface area contributed by atoms with Crippen LogP contribution in [-0.2, 0) is 4.74 Å². The smallest absolute Gasteiger partial charge is 0.160 e. The SMILES string of the molecule is COc1cc(C2CC(C)C=CO2)ccc1O. The lowest BCUT2D eigenvalue weighted by Crippen LogP contribution is -2.09. The monoisotopic (exact) mass is 220 g/mol. The van der Waals surface area contributed by atoms with E-state index in [-0.39, 0.29) is 11.9 Å². The topological polar surface area (TPSA) is 38.7 Å². The van der Waals surface area contributed by atoms with Crippen LogP contribution in [0.3, 0.4) is 0 Å². The van der Waals surface area contributed by atoms with Gasteiger partial charge in [-0.15, -0.1) is 0 Å². The van der Waals surface area contributed by atoms with Gasteiger partial charge < -0.3 is 14.6 Å². The average molecular weight is 220 g/mol. The summed E-state index contributed by atoms with van der Waals surface area (Å²) in [6.45, 7) is 2.16. The molecule has 86 valence electrons. The second-order valence-electron chi connectivity index (χ2n) is 4.10. The van der Waals surface area contributed by atoms with Crippen molar-refractivity contribution in [3.8, 4) is 11.5 Å². The van der Waals surface area contributed by atoms with Crippen LogP contribution in [0.25, 0.3) is 0 Å². The highest BCUT2D eigenvalue weighted by molar-refractivity contribution is 5.42. The van der Waals surface area contributed by atoms with Gasteiger partial charge in [0.1, 0.15) is 6.10 Å². The Morgan fingerprint density at radius 1 is 1.44 bits per heavy atom. The van der Waals surface area contributed by atoms with Gasteiger partial charge in [0.2, 0.25) is 0 Å². The molecule has 1 heterocycles. The zero-order valence-corrected chi connectivity index (χ0v) is 9.51. The summed E-state index contributed by atoms with van der Waals surface area (Å²) in [6.07, 6.45) is 4.80. The van der Waals surface area contributed by atoms with Crippen molar-refractivity contribution in [2.75, 3.05) is 7.11 Å². The molecular weight excluding hydrogens is 204 g/mol. The standard InChI is InChI=1S/C13H16O3/c1-9-5-6-16-12(7-9)10-3-4-11(14)13(8-10)15-2/h3-6,8-9,12,14H,7H2,1-2H3. The lowest BCUT2D eigenvalue weighted by molar-refractivity contribution is 0.109. The lowest BCUT2D eigenvalue weighted by Gasteiger charge is -2.24. The number of methoxy groups -OCH3 is 1. The largest absolute Gasteiger partial charge is 0.504 e. The molecule has 1 aromatic rings. The Morgan fingerprint density at radius 2 is 2.25 bits per heavy atom. The first-order chi connectivity index (χ1) is 7.70. The van der Waals surface area contributed by atoms with Gasteiger partial charge >= 0.3 is 0 Å². The predicted octanol–water partition coefficient (Wildman–Crippen LogP) is 3.01. The van der Waals surface area contributed by atoms with Gasteiger partial charge in [0, 0.05) is 0 Å². The van der Waals surface area contributed by atoms with E-state index in [9.17, 15) is 5.11 Å². The third-order valence-corrected chi connectivity index (χ3v) is 2.81. The van der Waals surface area contributed by atoms with Crippen LogP contribution in [0.1, 0.15) is 25.0 Å². The highest BCUT2D eigenvalue weighted by atomic mass is 16.5. The first kappa shape index (κ1) is 10.9. The molecule has 0 fully saturated rings.